The van der Waals surface area contributed by atoms with Crippen LogP contribution in [-0.4, -0.2) is 62.2 Å². The van der Waals surface area contributed by atoms with Crippen LogP contribution in [0.5, 0.6) is 0 Å². The molecule has 1 aliphatic rings. The first-order chi connectivity index (χ1) is 8.40. The summed E-state index contributed by atoms with van der Waals surface area (Å²) in [6, 6.07) is 0. The number of aliphatic hydroxyl groups is 1. The monoisotopic (exact) mass is 257 g/mol. The zero-order valence-electron chi connectivity index (χ0n) is 9.96. The third kappa shape index (κ3) is 3.93. The summed E-state index contributed by atoms with van der Waals surface area (Å²) >= 11 is 1.67. The van der Waals surface area contributed by atoms with Crippen LogP contribution in [0.1, 0.15) is 19.3 Å². The molecule has 2 rings (SSSR count). The molecule has 17 heavy (non-hydrogen) atoms. The largest absolute Gasteiger partial charge is 0.394 e. The van der Waals surface area contributed by atoms with E-state index >= 15 is 0 Å². The molecule has 0 aliphatic carbocycles. The average molecular weight is 257 g/mol. The van der Waals surface area contributed by atoms with E-state index in [1.807, 2.05) is 0 Å². The van der Waals surface area contributed by atoms with Crippen LogP contribution in [0.25, 0.3) is 0 Å². The Morgan fingerprint density at radius 2 is 2.06 bits per heavy atom. The molecule has 1 fully saturated rings. The number of tetrazole rings is 1. The van der Waals surface area contributed by atoms with Crippen molar-refractivity contribution >= 4 is 11.8 Å². The topological polar surface area (TPSA) is 67.1 Å². The number of aliphatic hydroxyl groups excluding tert-OH is 1. The normalized spacial score (nSPS) is 16.8. The van der Waals surface area contributed by atoms with Gasteiger partial charge in [-0.05, 0) is 49.3 Å². The Hall–Kier alpha value is -0.660. The fourth-order valence-corrected chi connectivity index (χ4v) is 2.82. The van der Waals surface area contributed by atoms with Crippen LogP contribution in [0.4, 0.5) is 0 Å². The van der Waals surface area contributed by atoms with Gasteiger partial charge in [0.05, 0.1) is 13.2 Å². The summed E-state index contributed by atoms with van der Waals surface area (Å²) in [4.78, 5) is 2.51. The van der Waals surface area contributed by atoms with Gasteiger partial charge in [0, 0.05) is 5.75 Å². The van der Waals surface area contributed by atoms with E-state index in [1.165, 1.54) is 32.5 Å². The minimum Gasteiger partial charge on any atom is -0.394 e. The van der Waals surface area contributed by atoms with Crippen LogP contribution in [-0.2, 0) is 6.54 Å². The first-order valence-electron chi connectivity index (χ1n) is 6.12. The van der Waals surface area contributed by atoms with Crippen molar-refractivity contribution in [2.24, 2.45) is 0 Å². The quantitative estimate of drug-likeness (QED) is 0.557. The molecule has 7 heteroatoms. The Balaban J connectivity index is 1.65. The molecule has 6 nitrogen and oxygen atoms in total. The summed E-state index contributed by atoms with van der Waals surface area (Å²) in [6.45, 7) is 4.24. The van der Waals surface area contributed by atoms with Crippen LogP contribution in [0.2, 0.25) is 0 Å². The van der Waals surface area contributed by atoms with Gasteiger partial charge < -0.3 is 10.0 Å². The molecule has 1 N–H and O–H groups in total. The highest BCUT2D eigenvalue weighted by Crippen LogP contribution is 2.15. The highest BCUT2D eigenvalue weighted by atomic mass is 32.2. The number of thioether (sulfide) groups is 1. The molecule has 0 saturated carbocycles. The van der Waals surface area contributed by atoms with E-state index in [1.54, 1.807) is 16.4 Å². The lowest BCUT2D eigenvalue weighted by atomic mass is 10.4. The van der Waals surface area contributed by atoms with Crippen molar-refractivity contribution in [3.05, 3.63) is 0 Å². The summed E-state index contributed by atoms with van der Waals surface area (Å²) in [5, 5.41) is 21.0. The van der Waals surface area contributed by atoms with Gasteiger partial charge in [0.25, 0.3) is 0 Å². The first kappa shape index (κ1) is 12.8. The van der Waals surface area contributed by atoms with Crippen molar-refractivity contribution in [2.75, 3.05) is 32.0 Å². The van der Waals surface area contributed by atoms with Gasteiger partial charge in [-0.1, -0.05) is 11.8 Å². The van der Waals surface area contributed by atoms with E-state index < -0.39 is 0 Å². The van der Waals surface area contributed by atoms with Gasteiger partial charge in [0.15, 0.2) is 0 Å². The number of hydrogen-bond donors (Lipinski definition) is 1. The maximum Gasteiger partial charge on any atom is 0.209 e. The van der Waals surface area contributed by atoms with Crippen molar-refractivity contribution in [1.29, 1.82) is 0 Å². The lowest BCUT2D eigenvalue weighted by Gasteiger charge is -2.13. The summed E-state index contributed by atoms with van der Waals surface area (Å²) in [5.74, 6) is 1.03. The summed E-state index contributed by atoms with van der Waals surface area (Å²) in [7, 11) is 0. The van der Waals surface area contributed by atoms with E-state index in [0.717, 1.165) is 17.3 Å². The van der Waals surface area contributed by atoms with Crippen LogP contribution >= 0.6 is 11.8 Å². The highest BCUT2D eigenvalue weighted by Gasteiger charge is 2.11. The van der Waals surface area contributed by atoms with Gasteiger partial charge >= 0.3 is 0 Å². The third-order valence-electron chi connectivity index (χ3n) is 2.86. The Morgan fingerprint density at radius 1 is 1.24 bits per heavy atom. The molecule has 0 unspecified atom stereocenters. The zero-order chi connectivity index (χ0) is 11.9. The third-order valence-corrected chi connectivity index (χ3v) is 3.90. The van der Waals surface area contributed by atoms with Crippen molar-refractivity contribution < 1.29 is 5.11 Å². The number of likely N-dealkylation sites (tertiary alicyclic amines) is 1. The van der Waals surface area contributed by atoms with Gasteiger partial charge in [-0.15, -0.1) is 5.10 Å². The molecule has 1 aliphatic heterocycles. The Kier molecular flexibility index (Phi) is 5.21. The molecule has 0 radical (unpaired) electrons. The predicted molar refractivity (Wildman–Crippen MR) is 65.9 cm³/mol. The zero-order valence-corrected chi connectivity index (χ0v) is 10.8. The smallest absolute Gasteiger partial charge is 0.209 e. The lowest BCUT2D eigenvalue weighted by Crippen LogP contribution is -2.20. The molecule has 0 atom stereocenters. The fraction of sp³-hybridized carbons (Fsp3) is 0.900. The molecule has 1 aromatic heterocycles. The summed E-state index contributed by atoms with van der Waals surface area (Å²) in [5.41, 5.74) is 0. The molecule has 0 bridgehead atoms. The van der Waals surface area contributed by atoms with Gasteiger partial charge in [0.2, 0.25) is 5.16 Å². The molecule has 0 spiro atoms. The lowest BCUT2D eigenvalue weighted by molar-refractivity contribution is 0.262. The molecular formula is C10H19N5OS. The molecule has 0 amide bonds. The minimum atomic E-state index is 0.0758. The van der Waals surface area contributed by atoms with Crippen molar-refractivity contribution in [3.8, 4) is 0 Å². The Bertz CT molecular complexity index is 326. The average Bonchev–Trinajstić information content (AvgIpc) is 2.96. The molecule has 96 valence electrons. The second kappa shape index (κ2) is 6.93. The maximum atomic E-state index is 8.85. The van der Waals surface area contributed by atoms with E-state index in [4.69, 9.17) is 5.11 Å². The van der Waals surface area contributed by atoms with Crippen LogP contribution < -0.4 is 0 Å². The molecular weight excluding hydrogens is 238 g/mol. The van der Waals surface area contributed by atoms with Gasteiger partial charge in [0.1, 0.15) is 0 Å². The van der Waals surface area contributed by atoms with Crippen LogP contribution in [0, 0.1) is 0 Å². The maximum absolute atomic E-state index is 8.85. The number of rotatable bonds is 7. The van der Waals surface area contributed by atoms with Crippen molar-refractivity contribution in [3.63, 3.8) is 0 Å². The molecule has 2 heterocycles. The van der Waals surface area contributed by atoms with E-state index in [2.05, 4.69) is 20.4 Å². The van der Waals surface area contributed by atoms with Crippen molar-refractivity contribution in [2.45, 2.75) is 31.0 Å². The van der Waals surface area contributed by atoms with Crippen LogP contribution in [0.3, 0.4) is 0 Å². The second-order valence-electron chi connectivity index (χ2n) is 4.16. The summed E-state index contributed by atoms with van der Waals surface area (Å²) < 4.78 is 1.65. The number of aromatic nitrogens is 4. The SMILES string of the molecule is OCCn1nnnc1SCCCN1CCCC1. The van der Waals surface area contributed by atoms with Gasteiger partial charge in [-0.3, -0.25) is 0 Å². The van der Waals surface area contributed by atoms with Crippen LogP contribution in [0.15, 0.2) is 5.16 Å². The number of hydrogen-bond acceptors (Lipinski definition) is 6. The predicted octanol–water partition coefficient (Wildman–Crippen LogP) is 0.243. The molecule has 1 saturated heterocycles. The van der Waals surface area contributed by atoms with Gasteiger partial charge in [-0.2, -0.15) is 0 Å². The molecule has 1 aromatic rings. The van der Waals surface area contributed by atoms with Gasteiger partial charge in [-0.25, -0.2) is 4.68 Å². The first-order valence-corrected chi connectivity index (χ1v) is 7.11. The standard InChI is InChI=1S/C10H19N5OS/c16-8-7-15-10(11-12-13-15)17-9-3-6-14-4-1-2-5-14/h16H,1-9H2. The molecule has 0 aromatic carbocycles. The Labute approximate surface area is 105 Å². The minimum absolute atomic E-state index is 0.0758. The number of nitrogens with zero attached hydrogens (tertiary/aromatic N) is 5. The fourth-order valence-electron chi connectivity index (χ4n) is 1.99. The van der Waals surface area contributed by atoms with E-state index in [0.29, 0.717) is 6.54 Å². The van der Waals surface area contributed by atoms with E-state index in [-0.39, 0.29) is 6.61 Å². The highest BCUT2D eigenvalue weighted by molar-refractivity contribution is 7.99. The second-order valence-corrected chi connectivity index (χ2v) is 5.22. The summed E-state index contributed by atoms with van der Waals surface area (Å²) in [6.07, 6.45) is 3.86. The van der Waals surface area contributed by atoms with E-state index in [9.17, 15) is 0 Å². The van der Waals surface area contributed by atoms with Crippen molar-refractivity contribution in [1.82, 2.24) is 25.1 Å². The Morgan fingerprint density at radius 3 is 2.82 bits per heavy atom.